The Morgan fingerprint density at radius 3 is 2.67 bits per heavy atom. The molecule has 1 aromatic carbocycles. The molecular weight excluding hydrogens is 188 g/mol. The molecule has 0 aliphatic rings. The molecule has 3 nitrogen and oxygen atoms in total. The zero-order valence-electron chi connectivity index (χ0n) is 9.36. The molecule has 0 saturated carbocycles. The van der Waals surface area contributed by atoms with Crippen LogP contribution < -0.4 is 10.2 Å². The molecule has 0 saturated heterocycles. The summed E-state index contributed by atoms with van der Waals surface area (Å²) in [6.07, 6.45) is 4.03. The van der Waals surface area contributed by atoms with Gasteiger partial charge in [0.15, 0.2) is 0 Å². The number of ether oxygens (including phenoxy) is 1. The summed E-state index contributed by atoms with van der Waals surface area (Å²) in [4.78, 5) is 0. The molecule has 0 aromatic heterocycles. The summed E-state index contributed by atoms with van der Waals surface area (Å²) in [7, 11) is 1.78. The fourth-order valence-electron chi connectivity index (χ4n) is 1.12. The van der Waals surface area contributed by atoms with Gasteiger partial charge >= 0.3 is 0 Å². The molecule has 0 amide bonds. The van der Waals surface area contributed by atoms with Crippen molar-refractivity contribution in [2.45, 2.75) is 19.8 Å². The van der Waals surface area contributed by atoms with Gasteiger partial charge in [-0.1, -0.05) is 13.3 Å². The molecule has 0 fully saturated rings. The highest BCUT2D eigenvalue weighted by Crippen LogP contribution is 2.11. The van der Waals surface area contributed by atoms with Crippen molar-refractivity contribution >= 4 is 6.21 Å². The summed E-state index contributed by atoms with van der Waals surface area (Å²) in [5.41, 5.74) is 3.77. The molecule has 1 aromatic rings. The van der Waals surface area contributed by atoms with E-state index in [-0.39, 0.29) is 0 Å². The number of rotatable bonds is 6. The monoisotopic (exact) mass is 206 g/mol. The molecule has 1 rings (SSSR count). The molecule has 0 atom stereocenters. The van der Waals surface area contributed by atoms with Crippen molar-refractivity contribution in [1.29, 1.82) is 0 Å². The average molecular weight is 206 g/mol. The molecule has 3 heteroatoms. The quantitative estimate of drug-likeness (QED) is 0.440. The number of nitrogens with one attached hydrogen (secondary N) is 1. The van der Waals surface area contributed by atoms with Crippen LogP contribution in [0.4, 0.5) is 0 Å². The number of hydrogen-bond donors (Lipinski definition) is 1. The third-order valence-corrected chi connectivity index (χ3v) is 1.99. The molecule has 82 valence electrons. The van der Waals surface area contributed by atoms with Crippen molar-refractivity contribution in [3.8, 4) is 5.75 Å². The highest BCUT2D eigenvalue weighted by molar-refractivity contribution is 5.79. The summed E-state index contributed by atoms with van der Waals surface area (Å²) in [6, 6.07) is 7.91. The molecular formula is C12H18N2O. The van der Waals surface area contributed by atoms with Crippen LogP contribution in [-0.2, 0) is 0 Å². The Morgan fingerprint density at radius 2 is 2.07 bits per heavy atom. The van der Waals surface area contributed by atoms with Crippen molar-refractivity contribution < 1.29 is 4.74 Å². The largest absolute Gasteiger partial charge is 0.494 e. The van der Waals surface area contributed by atoms with Gasteiger partial charge in [0, 0.05) is 7.05 Å². The zero-order chi connectivity index (χ0) is 10.9. The summed E-state index contributed by atoms with van der Waals surface area (Å²) in [6.45, 7) is 2.95. The first-order chi connectivity index (χ1) is 7.36. The zero-order valence-corrected chi connectivity index (χ0v) is 9.36. The van der Waals surface area contributed by atoms with Crippen LogP contribution in [0.3, 0.4) is 0 Å². The number of benzene rings is 1. The smallest absolute Gasteiger partial charge is 0.119 e. The van der Waals surface area contributed by atoms with E-state index in [1.165, 1.54) is 0 Å². The minimum absolute atomic E-state index is 0.792. The van der Waals surface area contributed by atoms with Crippen molar-refractivity contribution in [3.05, 3.63) is 29.8 Å². The predicted molar refractivity (Wildman–Crippen MR) is 63.5 cm³/mol. The SMILES string of the molecule is CCCCOc1ccc(/C=N/NC)cc1. The summed E-state index contributed by atoms with van der Waals surface area (Å²) in [5, 5.41) is 3.93. The highest BCUT2D eigenvalue weighted by atomic mass is 16.5. The van der Waals surface area contributed by atoms with E-state index in [4.69, 9.17) is 4.74 Å². The Morgan fingerprint density at radius 1 is 1.33 bits per heavy atom. The van der Waals surface area contributed by atoms with Gasteiger partial charge in [0.2, 0.25) is 0 Å². The maximum Gasteiger partial charge on any atom is 0.119 e. The first kappa shape index (κ1) is 11.6. The molecule has 1 N–H and O–H groups in total. The van der Waals surface area contributed by atoms with Crippen LogP contribution in [0.25, 0.3) is 0 Å². The maximum atomic E-state index is 5.55. The van der Waals surface area contributed by atoms with E-state index in [1.807, 2.05) is 24.3 Å². The molecule has 15 heavy (non-hydrogen) atoms. The van der Waals surface area contributed by atoms with E-state index < -0.39 is 0 Å². The minimum atomic E-state index is 0.792. The summed E-state index contributed by atoms with van der Waals surface area (Å²) < 4.78 is 5.55. The minimum Gasteiger partial charge on any atom is -0.494 e. The fourth-order valence-corrected chi connectivity index (χ4v) is 1.12. The second-order valence-electron chi connectivity index (χ2n) is 3.25. The normalized spacial score (nSPS) is 10.5. The summed E-state index contributed by atoms with van der Waals surface area (Å²) in [5.74, 6) is 0.921. The molecule has 0 aliphatic carbocycles. The molecule has 0 spiro atoms. The number of hydrazone groups is 1. The van der Waals surface area contributed by atoms with E-state index in [0.29, 0.717) is 0 Å². The lowest BCUT2D eigenvalue weighted by Crippen LogP contribution is -1.97. The van der Waals surface area contributed by atoms with Gasteiger partial charge in [-0.15, -0.1) is 0 Å². The van der Waals surface area contributed by atoms with Crippen LogP contribution >= 0.6 is 0 Å². The summed E-state index contributed by atoms with van der Waals surface area (Å²) >= 11 is 0. The average Bonchev–Trinajstić information content (AvgIpc) is 2.28. The van der Waals surface area contributed by atoms with Crippen LogP contribution in [-0.4, -0.2) is 19.9 Å². The Bertz CT molecular complexity index is 293. The van der Waals surface area contributed by atoms with Gasteiger partial charge in [0.05, 0.1) is 12.8 Å². The highest BCUT2D eigenvalue weighted by Gasteiger charge is 1.93. The van der Waals surface area contributed by atoms with E-state index >= 15 is 0 Å². The van der Waals surface area contributed by atoms with Crippen LogP contribution in [0.5, 0.6) is 5.75 Å². The van der Waals surface area contributed by atoms with E-state index in [0.717, 1.165) is 30.8 Å². The second-order valence-corrected chi connectivity index (χ2v) is 3.25. The Hall–Kier alpha value is -1.51. The van der Waals surface area contributed by atoms with Gasteiger partial charge in [0.25, 0.3) is 0 Å². The fraction of sp³-hybridized carbons (Fsp3) is 0.417. The van der Waals surface area contributed by atoms with Gasteiger partial charge in [0.1, 0.15) is 5.75 Å². The van der Waals surface area contributed by atoms with E-state index in [1.54, 1.807) is 13.3 Å². The lowest BCUT2D eigenvalue weighted by atomic mass is 10.2. The Balaban J connectivity index is 2.45. The second kappa shape index (κ2) is 6.87. The number of nitrogens with zero attached hydrogens (tertiary/aromatic N) is 1. The van der Waals surface area contributed by atoms with Gasteiger partial charge < -0.3 is 10.2 Å². The third kappa shape index (κ3) is 4.49. The third-order valence-electron chi connectivity index (χ3n) is 1.99. The molecule has 0 heterocycles. The van der Waals surface area contributed by atoms with Crippen LogP contribution in [0.15, 0.2) is 29.4 Å². The van der Waals surface area contributed by atoms with Crippen molar-refractivity contribution in [3.63, 3.8) is 0 Å². The van der Waals surface area contributed by atoms with Gasteiger partial charge in [-0.05, 0) is 36.2 Å². The predicted octanol–water partition coefficient (Wildman–Crippen LogP) is 2.42. The van der Waals surface area contributed by atoms with Crippen molar-refractivity contribution in [2.24, 2.45) is 5.10 Å². The van der Waals surface area contributed by atoms with Crippen molar-refractivity contribution in [2.75, 3.05) is 13.7 Å². The standard InChI is InChI=1S/C12H18N2O/c1-3-4-9-15-12-7-5-11(6-8-12)10-14-13-2/h5-8,10,13H,3-4,9H2,1-2H3/b14-10+. The number of unbranched alkanes of at least 4 members (excludes halogenated alkanes) is 1. The van der Waals surface area contributed by atoms with Gasteiger partial charge in [-0.2, -0.15) is 5.10 Å². The Labute approximate surface area is 91.1 Å². The molecule has 0 unspecified atom stereocenters. The first-order valence-corrected chi connectivity index (χ1v) is 5.29. The number of hydrogen-bond acceptors (Lipinski definition) is 3. The molecule has 0 aliphatic heterocycles. The van der Waals surface area contributed by atoms with Crippen LogP contribution in [0, 0.1) is 0 Å². The van der Waals surface area contributed by atoms with Gasteiger partial charge in [-0.3, -0.25) is 0 Å². The van der Waals surface area contributed by atoms with E-state index in [2.05, 4.69) is 17.5 Å². The first-order valence-electron chi connectivity index (χ1n) is 5.29. The lowest BCUT2D eigenvalue weighted by Gasteiger charge is -2.04. The van der Waals surface area contributed by atoms with E-state index in [9.17, 15) is 0 Å². The lowest BCUT2D eigenvalue weighted by molar-refractivity contribution is 0.309. The molecule has 0 bridgehead atoms. The maximum absolute atomic E-state index is 5.55. The Kier molecular flexibility index (Phi) is 5.30. The molecule has 0 radical (unpaired) electrons. The van der Waals surface area contributed by atoms with Gasteiger partial charge in [-0.25, -0.2) is 0 Å². The van der Waals surface area contributed by atoms with Crippen LogP contribution in [0.2, 0.25) is 0 Å². The van der Waals surface area contributed by atoms with Crippen molar-refractivity contribution in [1.82, 2.24) is 5.43 Å². The van der Waals surface area contributed by atoms with Crippen LogP contribution in [0.1, 0.15) is 25.3 Å². The topological polar surface area (TPSA) is 33.6 Å².